The van der Waals surface area contributed by atoms with Crippen molar-refractivity contribution < 1.29 is 18.3 Å². The first kappa shape index (κ1) is 15.3. The van der Waals surface area contributed by atoms with Gasteiger partial charge in [0.2, 0.25) is 10.0 Å². The van der Waals surface area contributed by atoms with Crippen LogP contribution < -0.4 is 0 Å². The van der Waals surface area contributed by atoms with Gasteiger partial charge in [0, 0.05) is 30.3 Å². The first-order chi connectivity index (χ1) is 9.39. The molecule has 20 heavy (non-hydrogen) atoms. The lowest BCUT2D eigenvalue weighted by Crippen LogP contribution is -2.40. The molecule has 1 aromatic rings. The van der Waals surface area contributed by atoms with E-state index in [4.69, 9.17) is 5.11 Å². The van der Waals surface area contributed by atoms with Crippen molar-refractivity contribution in [2.45, 2.75) is 30.0 Å². The molecule has 1 N–H and O–H groups in total. The molecule has 0 saturated carbocycles. The summed E-state index contributed by atoms with van der Waals surface area (Å²) in [7, 11) is -3.52. The Labute approximate surface area is 122 Å². The number of sulfonamides is 1. The third-order valence-electron chi connectivity index (χ3n) is 3.01. The van der Waals surface area contributed by atoms with Gasteiger partial charge in [-0.2, -0.15) is 21.2 Å². The highest BCUT2D eigenvalue weighted by atomic mass is 32.2. The van der Waals surface area contributed by atoms with Crippen LogP contribution in [-0.4, -0.2) is 57.7 Å². The lowest BCUT2D eigenvalue weighted by atomic mass is 10.4. The van der Waals surface area contributed by atoms with Crippen LogP contribution in [0.5, 0.6) is 0 Å². The highest BCUT2D eigenvalue weighted by Gasteiger charge is 2.29. The highest BCUT2D eigenvalue weighted by Crippen LogP contribution is 2.23. The van der Waals surface area contributed by atoms with Crippen LogP contribution in [0.1, 0.15) is 13.3 Å². The average Bonchev–Trinajstić information content (AvgIpc) is 2.86. The molecule has 0 amide bonds. The Balaban J connectivity index is 2.11. The Morgan fingerprint density at radius 1 is 1.60 bits per heavy atom. The molecular formula is C11H17N3O4S2. The van der Waals surface area contributed by atoms with E-state index < -0.39 is 16.0 Å². The molecule has 1 aliphatic heterocycles. The van der Waals surface area contributed by atoms with Crippen molar-refractivity contribution >= 4 is 27.8 Å². The van der Waals surface area contributed by atoms with Gasteiger partial charge < -0.3 is 5.11 Å². The standard InChI is InChI=1S/C11H17N3O4S2/c1-9-7-14(4-5-19-9)20(17,18)10-6-12-13(8-10)3-2-11(15)16/h6,8-9H,2-5,7H2,1H3,(H,15,16). The molecule has 1 aromatic heterocycles. The van der Waals surface area contributed by atoms with Gasteiger partial charge in [-0.05, 0) is 0 Å². The van der Waals surface area contributed by atoms with E-state index in [1.165, 1.54) is 21.4 Å². The first-order valence-electron chi connectivity index (χ1n) is 6.25. The van der Waals surface area contributed by atoms with Crippen LogP contribution >= 0.6 is 11.8 Å². The van der Waals surface area contributed by atoms with Crippen LogP contribution in [0, 0.1) is 0 Å². The summed E-state index contributed by atoms with van der Waals surface area (Å²) in [6.07, 6.45) is 2.59. The van der Waals surface area contributed by atoms with E-state index in [2.05, 4.69) is 5.10 Å². The van der Waals surface area contributed by atoms with Gasteiger partial charge >= 0.3 is 5.97 Å². The number of hydrogen-bond donors (Lipinski definition) is 1. The largest absolute Gasteiger partial charge is 0.481 e. The lowest BCUT2D eigenvalue weighted by Gasteiger charge is -2.29. The van der Waals surface area contributed by atoms with Crippen LogP contribution in [0.25, 0.3) is 0 Å². The minimum absolute atomic E-state index is 0.0848. The minimum atomic E-state index is -3.52. The molecule has 7 nitrogen and oxygen atoms in total. The fourth-order valence-corrected chi connectivity index (χ4v) is 4.67. The second-order valence-electron chi connectivity index (χ2n) is 4.63. The Morgan fingerprint density at radius 2 is 2.35 bits per heavy atom. The number of carboxylic acid groups (broad SMARTS) is 1. The maximum atomic E-state index is 12.4. The summed E-state index contributed by atoms with van der Waals surface area (Å²) in [6, 6.07) is 0. The molecular weight excluding hydrogens is 302 g/mol. The second-order valence-corrected chi connectivity index (χ2v) is 8.11. The molecule has 0 aromatic carbocycles. The molecule has 0 spiro atoms. The van der Waals surface area contributed by atoms with Gasteiger partial charge in [0.25, 0.3) is 0 Å². The lowest BCUT2D eigenvalue weighted by molar-refractivity contribution is -0.137. The summed E-state index contributed by atoms with van der Waals surface area (Å²) in [5, 5.41) is 12.8. The zero-order chi connectivity index (χ0) is 14.8. The highest BCUT2D eigenvalue weighted by molar-refractivity contribution is 8.00. The molecule has 1 unspecified atom stereocenters. The summed E-state index contributed by atoms with van der Waals surface area (Å²) in [5.74, 6) is -0.153. The van der Waals surface area contributed by atoms with Crippen LogP contribution in [-0.2, 0) is 21.4 Å². The van der Waals surface area contributed by atoms with Crippen molar-refractivity contribution in [2.24, 2.45) is 0 Å². The number of thioether (sulfide) groups is 1. The van der Waals surface area contributed by atoms with Crippen molar-refractivity contribution in [3.63, 3.8) is 0 Å². The Hall–Kier alpha value is -1.06. The fourth-order valence-electron chi connectivity index (χ4n) is 1.96. The quantitative estimate of drug-likeness (QED) is 0.849. The Kier molecular flexibility index (Phi) is 4.71. The van der Waals surface area contributed by atoms with Gasteiger partial charge in [-0.3, -0.25) is 9.48 Å². The zero-order valence-electron chi connectivity index (χ0n) is 11.1. The van der Waals surface area contributed by atoms with Crippen LogP contribution in [0.15, 0.2) is 17.3 Å². The van der Waals surface area contributed by atoms with Gasteiger partial charge in [-0.15, -0.1) is 0 Å². The summed E-state index contributed by atoms with van der Waals surface area (Å²) < 4.78 is 27.7. The van der Waals surface area contributed by atoms with Gasteiger partial charge in [-0.25, -0.2) is 8.42 Å². The monoisotopic (exact) mass is 319 g/mol. The van der Waals surface area contributed by atoms with Gasteiger partial charge in [0.05, 0.1) is 19.2 Å². The Morgan fingerprint density at radius 3 is 3.00 bits per heavy atom. The van der Waals surface area contributed by atoms with E-state index in [1.54, 1.807) is 11.8 Å². The molecule has 1 aliphatic rings. The maximum absolute atomic E-state index is 12.4. The van der Waals surface area contributed by atoms with Crippen molar-refractivity contribution in [2.75, 3.05) is 18.8 Å². The average molecular weight is 319 g/mol. The topological polar surface area (TPSA) is 92.5 Å². The number of aryl methyl sites for hydroxylation is 1. The van der Waals surface area contributed by atoms with Crippen LogP contribution in [0.3, 0.4) is 0 Å². The number of nitrogens with zero attached hydrogens (tertiary/aromatic N) is 3. The van der Waals surface area contributed by atoms with E-state index in [9.17, 15) is 13.2 Å². The molecule has 9 heteroatoms. The van der Waals surface area contributed by atoms with Crippen LogP contribution in [0.4, 0.5) is 0 Å². The molecule has 1 atom stereocenters. The molecule has 112 valence electrons. The van der Waals surface area contributed by atoms with Crippen molar-refractivity contribution in [3.05, 3.63) is 12.4 Å². The summed E-state index contributed by atoms with van der Waals surface area (Å²) >= 11 is 1.76. The van der Waals surface area contributed by atoms with E-state index in [0.29, 0.717) is 13.1 Å². The summed E-state index contributed by atoms with van der Waals surface area (Å²) in [6.45, 7) is 3.16. The molecule has 1 saturated heterocycles. The van der Waals surface area contributed by atoms with Crippen molar-refractivity contribution in [3.8, 4) is 0 Å². The normalized spacial score (nSPS) is 20.9. The van der Waals surface area contributed by atoms with E-state index in [-0.39, 0.29) is 23.1 Å². The predicted molar refractivity (Wildman–Crippen MR) is 75.2 cm³/mol. The van der Waals surface area contributed by atoms with Gasteiger partial charge in [0.1, 0.15) is 4.90 Å². The van der Waals surface area contributed by atoms with Gasteiger partial charge in [-0.1, -0.05) is 6.92 Å². The molecule has 0 bridgehead atoms. The third-order valence-corrected chi connectivity index (χ3v) is 5.96. The number of carboxylic acids is 1. The van der Waals surface area contributed by atoms with E-state index in [0.717, 1.165) is 5.75 Å². The maximum Gasteiger partial charge on any atom is 0.305 e. The van der Waals surface area contributed by atoms with Crippen molar-refractivity contribution in [1.29, 1.82) is 0 Å². The van der Waals surface area contributed by atoms with E-state index in [1.807, 2.05) is 6.92 Å². The van der Waals surface area contributed by atoms with E-state index >= 15 is 0 Å². The molecule has 2 rings (SSSR count). The second kappa shape index (κ2) is 6.15. The number of carbonyl (C=O) groups is 1. The zero-order valence-corrected chi connectivity index (χ0v) is 12.7. The third kappa shape index (κ3) is 3.53. The van der Waals surface area contributed by atoms with Crippen molar-refractivity contribution in [1.82, 2.24) is 14.1 Å². The molecule has 1 fully saturated rings. The Bertz CT molecular complexity index is 584. The molecule has 2 heterocycles. The number of hydrogen-bond acceptors (Lipinski definition) is 5. The minimum Gasteiger partial charge on any atom is -0.481 e. The fraction of sp³-hybridized carbons (Fsp3) is 0.636. The molecule has 0 radical (unpaired) electrons. The van der Waals surface area contributed by atoms with Crippen LogP contribution in [0.2, 0.25) is 0 Å². The first-order valence-corrected chi connectivity index (χ1v) is 8.74. The number of rotatable bonds is 5. The summed E-state index contributed by atoms with van der Waals surface area (Å²) in [4.78, 5) is 10.6. The number of aromatic nitrogens is 2. The van der Waals surface area contributed by atoms with Gasteiger partial charge in [0.15, 0.2) is 0 Å². The summed E-state index contributed by atoms with van der Waals surface area (Å²) in [5.41, 5.74) is 0. The number of aliphatic carboxylic acids is 1. The predicted octanol–water partition coefficient (Wildman–Crippen LogP) is 0.484. The SMILES string of the molecule is CC1CN(S(=O)(=O)c2cnn(CCC(=O)O)c2)CCS1. The smallest absolute Gasteiger partial charge is 0.305 e. The molecule has 0 aliphatic carbocycles.